The molecule has 0 bridgehead atoms. The van der Waals surface area contributed by atoms with Crippen LogP contribution < -0.4 is 26.6 Å². The van der Waals surface area contributed by atoms with Crippen molar-refractivity contribution in [2.24, 2.45) is 11.8 Å². The Hall–Kier alpha value is -4.32. The first-order chi connectivity index (χ1) is 22.8. The lowest BCUT2D eigenvalue weighted by atomic mass is 9.81. The van der Waals surface area contributed by atoms with Crippen molar-refractivity contribution in [2.75, 3.05) is 46.1 Å². The third kappa shape index (κ3) is 19.4. The van der Waals surface area contributed by atoms with Gasteiger partial charge in [-0.15, -0.1) is 0 Å². The van der Waals surface area contributed by atoms with Crippen LogP contribution in [0.15, 0.2) is 0 Å². The van der Waals surface area contributed by atoms with E-state index in [-0.39, 0.29) is 82.8 Å². The Labute approximate surface area is 278 Å². The van der Waals surface area contributed by atoms with Crippen molar-refractivity contribution in [1.82, 2.24) is 26.6 Å². The number of ether oxygens (including phenoxy) is 2. The molecule has 0 spiro atoms. The SMILES string of the molecule is CCNC(=O)COCCOCCNC(=O)C(CCC(=O)O)NC(=O)CCC(NC(=O)C1CCC(CNC(=O)CCC(=O)O)CC1)C(=O)O. The van der Waals surface area contributed by atoms with E-state index < -0.39 is 60.1 Å². The second-order valence-electron chi connectivity index (χ2n) is 11.3. The second-order valence-corrected chi connectivity index (χ2v) is 11.3. The van der Waals surface area contributed by atoms with Gasteiger partial charge in [-0.05, 0) is 51.4 Å². The van der Waals surface area contributed by atoms with Gasteiger partial charge in [0, 0.05) is 44.8 Å². The van der Waals surface area contributed by atoms with Gasteiger partial charge in [-0.1, -0.05) is 0 Å². The molecular weight excluding hydrogens is 638 g/mol. The van der Waals surface area contributed by atoms with Crippen molar-refractivity contribution in [3.8, 4) is 0 Å². The maximum Gasteiger partial charge on any atom is 0.326 e. The number of carboxylic acids is 3. The molecule has 0 radical (unpaired) electrons. The molecule has 0 heterocycles. The standard InChI is InChI=1S/C30H49N5O13/c1-2-31-25(38)18-48-16-15-47-14-13-32-29(44)21(8-11-26(39)40)34-24(37)9-7-22(30(45)46)35-28(43)20-5-3-19(4-6-20)17-33-23(36)10-12-27(41)42/h19-22H,2-18H2,1H3,(H,31,38)(H,32,44)(H,33,36)(H,34,37)(H,35,43)(H,39,40)(H,41,42)(H,45,46). The smallest absolute Gasteiger partial charge is 0.326 e. The van der Waals surface area contributed by atoms with Crippen LogP contribution in [0.2, 0.25) is 0 Å². The molecule has 1 aliphatic rings. The molecule has 48 heavy (non-hydrogen) atoms. The molecule has 8 N–H and O–H groups in total. The van der Waals surface area contributed by atoms with E-state index in [4.69, 9.17) is 19.7 Å². The highest BCUT2D eigenvalue weighted by Crippen LogP contribution is 2.28. The van der Waals surface area contributed by atoms with Gasteiger partial charge in [0.05, 0.1) is 26.2 Å². The highest BCUT2D eigenvalue weighted by molar-refractivity contribution is 5.89. The summed E-state index contributed by atoms with van der Waals surface area (Å²) in [6, 6.07) is -2.58. The highest BCUT2D eigenvalue weighted by Gasteiger charge is 2.30. The Balaban J connectivity index is 2.47. The number of carbonyl (C=O) groups is 8. The average Bonchev–Trinajstić information content (AvgIpc) is 3.04. The predicted octanol–water partition coefficient (Wildman–Crippen LogP) is -1.24. The maximum atomic E-state index is 12.8. The minimum atomic E-state index is -1.37. The first kappa shape index (κ1) is 41.7. The summed E-state index contributed by atoms with van der Waals surface area (Å²) in [5.41, 5.74) is 0. The molecule has 2 unspecified atom stereocenters. The van der Waals surface area contributed by atoms with Crippen molar-refractivity contribution >= 4 is 47.4 Å². The lowest BCUT2D eigenvalue weighted by Crippen LogP contribution is -2.48. The Kier molecular flexibility index (Phi) is 20.8. The first-order valence-electron chi connectivity index (χ1n) is 16.0. The van der Waals surface area contributed by atoms with Gasteiger partial charge in [0.2, 0.25) is 29.5 Å². The van der Waals surface area contributed by atoms with E-state index in [0.29, 0.717) is 38.8 Å². The maximum absolute atomic E-state index is 12.8. The molecule has 0 aromatic heterocycles. The zero-order valence-corrected chi connectivity index (χ0v) is 27.3. The topological polar surface area (TPSA) is 276 Å². The van der Waals surface area contributed by atoms with Crippen LogP contribution in [0.5, 0.6) is 0 Å². The quantitative estimate of drug-likeness (QED) is 0.0522. The Morgan fingerprint density at radius 2 is 1.31 bits per heavy atom. The number of hydrogen-bond acceptors (Lipinski definition) is 10. The first-order valence-corrected chi connectivity index (χ1v) is 16.0. The lowest BCUT2D eigenvalue weighted by molar-refractivity contribution is -0.143. The summed E-state index contributed by atoms with van der Waals surface area (Å²) in [6.07, 6.45) is 0.512. The molecule has 18 nitrogen and oxygen atoms in total. The Morgan fingerprint density at radius 3 is 1.94 bits per heavy atom. The number of amides is 5. The van der Waals surface area contributed by atoms with Crippen LogP contribution in [0.3, 0.4) is 0 Å². The lowest BCUT2D eigenvalue weighted by Gasteiger charge is -2.28. The van der Waals surface area contributed by atoms with Gasteiger partial charge >= 0.3 is 17.9 Å². The van der Waals surface area contributed by atoms with Crippen molar-refractivity contribution < 1.29 is 63.1 Å². The van der Waals surface area contributed by atoms with E-state index in [1.54, 1.807) is 6.92 Å². The van der Waals surface area contributed by atoms with Gasteiger partial charge in [0.15, 0.2) is 0 Å². The number of carbonyl (C=O) groups excluding carboxylic acids is 5. The van der Waals surface area contributed by atoms with E-state index in [1.807, 2.05) is 0 Å². The third-order valence-corrected chi connectivity index (χ3v) is 7.47. The molecular formula is C30H49N5O13. The fraction of sp³-hybridized carbons (Fsp3) is 0.733. The number of carboxylic acid groups (broad SMARTS) is 3. The molecule has 0 aliphatic heterocycles. The normalized spacial score (nSPS) is 16.9. The van der Waals surface area contributed by atoms with E-state index in [9.17, 15) is 43.5 Å². The van der Waals surface area contributed by atoms with Gasteiger partial charge in [-0.25, -0.2) is 4.79 Å². The molecule has 2 atom stereocenters. The summed E-state index contributed by atoms with van der Waals surface area (Å²) in [7, 11) is 0. The van der Waals surface area contributed by atoms with Gasteiger partial charge in [-0.3, -0.25) is 33.6 Å². The summed E-state index contributed by atoms with van der Waals surface area (Å²) in [6.45, 7) is 2.97. The van der Waals surface area contributed by atoms with Crippen molar-refractivity contribution in [3.05, 3.63) is 0 Å². The second kappa shape index (κ2) is 23.9. The fourth-order valence-electron chi connectivity index (χ4n) is 4.82. The summed E-state index contributed by atoms with van der Waals surface area (Å²) in [5.74, 6) is -6.38. The summed E-state index contributed by atoms with van der Waals surface area (Å²) in [4.78, 5) is 94.6. The predicted molar refractivity (Wildman–Crippen MR) is 166 cm³/mol. The van der Waals surface area contributed by atoms with Gasteiger partial charge in [0.25, 0.3) is 0 Å². The molecule has 18 heteroatoms. The fourth-order valence-corrected chi connectivity index (χ4v) is 4.82. The number of hydrogen-bond donors (Lipinski definition) is 8. The monoisotopic (exact) mass is 687 g/mol. The zero-order chi connectivity index (χ0) is 35.9. The number of nitrogens with one attached hydrogen (secondary N) is 5. The van der Waals surface area contributed by atoms with Gasteiger partial charge in [0.1, 0.15) is 18.7 Å². The van der Waals surface area contributed by atoms with Crippen LogP contribution in [0.1, 0.15) is 71.1 Å². The van der Waals surface area contributed by atoms with Crippen molar-refractivity contribution in [1.29, 1.82) is 0 Å². The van der Waals surface area contributed by atoms with E-state index >= 15 is 0 Å². The van der Waals surface area contributed by atoms with Crippen molar-refractivity contribution in [2.45, 2.75) is 83.2 Å². The van der Waals surface area contributed by atoms with Crippen LogP contribution in [0.4, 0.5) is 0 Å². The molecule has 5 amide bonds. The average molecular weight is 688 g/mol. The minimum Gasteiger partial charge on any atom is -0.481 e. The Morgan fingerprint density at radius 1 is 0.667 bits per heavy atom. The highest BCUT2D eigenvalue weighted by atomic mass is 16.5. The van der Waals surface area contributed by atoms with Crippen LogP contribution in [-0.4, -0.2) is 121 Å². The molecule has 0 aromatic carbocycles. The summed E-state index contributed by atoms with van der Waals surface area (Å²) < 4.78 is 10.4. The zero-order valence-electron chi connectivity index (χ0n) is 27.3. The number of aliphatic carboxylic acids is 3. The molecule has 0 aromatic rings. The number of likely N-dealkylation sites (N-methyl/N-ethyl adjacent to an activating group) is 1. The van der Waals surface area contributed by atoms with Crippen LogP contribution in [0.25, 0.3) is 0 Å². The van der Waals surface area contributed by atoms with Crippen molar-refractivity contribution in [3.63, 3.8) is 0 Å². The number of rotatable bonds is 25. The molecule has 1 rings (SSSR count). The van der Waals surface area contributed by atoms with Crippen LogP contribution >= 0.6 is 0 Å². The summed E-state index contributed by atoms with van der Waals surface area (Å²) in [5, 5.41) is 40.1. The minimum absolute atomic E-state index is 0.0467. The molecule has 1 fully saturated rings. The summed E-state index contributed by atoms with van der Waals surface area (Å²) >= 11 is 0. The largest absolute Gasteiger partial charge is 0.481 e. The van der Waals surface area contributed by atoms with Gasteiger partial charge < -0.3 is 51.4 Å². The van der Waals surface area contributed by atoms with E-state index in [0.717, 1.165) is 0 Å². The van der Waals surface area contributed by atoms with Crippen LogP contribution in [0, 0.1) is 11.8 Å². The Bertz CT molecular complexity index is 1100. The van der Waals surface area contributed by atoms with E-state index in [1.165, 1.54) is 0 Å². The molecule has 1 aliphatic carbocycles. The molecule has 1 saturated carbocycles. The van der Waals surface area contributed by atoms with Crippen LogP contribution in [-0.2, 0) is 47.8 Å². The third-order valence-electron chi connectivity index (χ3n) is 7.47. The molecule has 0 saturated heterocycles. The van der Waals surface area contributed by atoms with E-state index in [2.05, 4.69) is 26.6 Å². The van der Waals surface area contributed by atoms with Gasteiger partial charge in [-0.2, -0.15) is 0 Å². The molecule has 272 valence electrons.